The lowest BCUT2D eigenvalue weighted by molar-refractivity contribution is -0.128. The van der Waals surface area contributed by atoms with Crippen LogP contribution in [0, 0.1) is 0 Å². The molecule has 0 radical (unpaired) electrons. The fraction of sp³-hybridized carbons (Fsp3) is 0.421. The van der Waals surface area contributed by atoms with Crippen molar-refractivity contribution in [2.24, 2.45) is 0 Å². The van der Waals surface area contributed by atoms with Gasteiger partial charge in [0.25, 0.3) is 0 Å². The van der Waals surface area contributed by atoms with Crippen LogP contribution in [-0.4, -0.2) is 56.9 Å². The largest absolute Gasteiger partial charge is 0.476 e. The van der Waals surface area contributed by atoms with Gasteiger partial charge in [0.1, 0.15) is 0 Å². The molecule has 0 bridgehead atoms. The minimum absolute atomic E-state index is 0.0613. The average molecular weight is 422 g/mol. The number of benzene rings is 1. The van der Waals surface area contributed by atoms with Crippen LogP contribution in [-0.2, 0) is 4.79 Å². The molecule has 2 heterocycles. The smallest absolute Gasteiger partial charge is 0.355 e. The zero-order valence-electron chi connectivity index (χ0n) is 15.5. The van der Waals surface area contributed by atoms with E-state index in [4.69, 9.17) is 5.11 Å². The van der Waals surface area contributed by atoms with Gasteiger partial charge in [-0.2, -0.15) is 0 Å². The number of carboxylic acid groups (broad SMARTS) is 1. The van der Waals surface area contributed by atoms with Gasteiger partial charge in [-0.3, -0.25) is 4.79 Å². The number of hydrogen-bond acceptors (Lipinski definition) is 7. The van der Waals surface area contributed by atoms with E-state index in [9.17, 15) is 14.7 Å². The molecule has 1 aliphatic rings. The number of aromatic nitrogens is 1. The van der Waals surface area contributed by atoms with Gasteiger partial charge in [0.15, 0.2) is 10.0 Å². The van der Waals surface area contributed by atoms with E-state index in [-0.39, 0.29) is 17.6 Å². The molecule has 0 aliphatic carbocycles. The number of thioether (sulfide) groups is 1. The lowest BCUT2D eigenvalue weighted by atomic mass is 10.1. The summed E-state index contributed by atoms with van der Waals surface area (Å²) >= 11 is 2.78. The Kier molecular flexibility index (Phi) is 6.93. The van der Waals surface area contributed by atoms with Crippen LogP contribution in [0.5, 0.6) is 0 Å². The van der Waals surface area contributed by atoms with E-state index in [2.05, 4.69) is 10.3 Å². The van der Waals surface area contributed by atoms with Crippen LogP contribution < -0.4 is 5.32 Å². The number of amides is 1. The quantitative estimate of drug-likeness (QED) is 0.535. The van der Waals surface area contributed by atoms with Crippen molar-refractivity contribution in [3.05, 3.63) is 40.9 Å². The molecule has 1 aromatic heterocycles. The summed E-state index contributed by atoms with van der Waals surface area (Å²) in [5.41, 5.74) is 1.84. The zero-order chi connectivity index (χ0) is 20.1. The number of likely N-dealkylation sites (tertiary alicyclic amines) is 1. The first-order chi connectivity index (χ1) is 13.4. The van der Waals surface area contributed by atoms with E-state index in [1.54, 1.807) is 6.92 Å². The van der Waals surface area contributed by atoms with Gasteiger partial charge in [-0.1, -0.05) is 23.9 Å². The highest BCUT2D eigenvalue weighted by Gasteiger charge is 2.30. The number of aliphatic hydroxyl groups excluding tert-OH is 1. The van der Waals surface area contributed by atoms with E-state index in [0.29, 0.717) is 29.6 Å². The van der Waals surface area contributed by atoms with Gasteiger partial charge in [0, 0.05) is 42.4 Å². The van der Waals surface area contributed by atoms with E-state index >= 15 is 0 Å². The maximum atomic E-state index is 12.2. The van der Waals surface area contributed by atoms with E-state index in [0.717, 1.165) is 17.7 Å². The summed E-state index contributed by atoms with van der Waals surface area (Å²) in [6, 6.07) is 7.77. The lowest BCUT2D eigenvalue weighted by Gasteiger charge is -2.25. The Hall–Kier alpha value is -2.10. The Bertz CT molecular complexity index is 840. The highest BCUT2D eigenvalue weighted by Crippen LogP contribution is 2.25. The second-order valence-corrected chi connectivity index (χ2v) is 8.81. The van der Waals surface area contributed by atoms with Crippen molar-refractivity contribution in [2.45, 2.75) is 36.3 Å². The Morgan fingerprint density at radius 3 is 3.04 bits per heavy atom. The highest BCUT2D eigenvalue weighted by molar-refractivity contribution is 8.01. The highest BCUT2D eigenvalue weighted by atomic mass is 32.2. The van der Waals surface area contributed by atoms with Crippen molar-refractivity contribution in [1.29, 1.82) is 0 Å². The van der Waals surface area contributed by atoms with Crippen LogP contribution in [0.1, 0.15) is 41.9 Å². The number of carbonyl (C=O) groups is 2. The van der Waals surface area contributed by atoms with Gasteiger partial charge in [0.05, 0.1) is 6.10 Å². The normalized spacial score (nSPS) is 17.7. The van der Waals surface area contributed by atoms with Crippen molar-refractivity contribution in [2.75, 3.05) is 24.2 Å². The van der Waals surface area contributed by atoms with Crippen molar-refractivity contribution < 1.29 is 19.8 Å². The number of hydrogen-bond donors (Lipinski definition) is 3. The molecule has 1 aromatic carbocycles. The number of nitrogens with one attached hydrogen (secondary N) is 1. The molecule has 9 heteroatoms. The summed E-state index contributed by atoms with van der Waals surface area (Å²) in [5.74, 6) is -0.203. The summed E-state index contributed by atoms with van der Waals surface area (Å²) in [5, 5.41) is 23.5. The van der Waals surface area contributed by atoms with Crippen LogP contribution in [0.25, 0.3) is 0 Å². The molecule has 0 spiro atoms. The molecule has 1 amide bonds. The fourth-order valence-corrected chi connectivity index (χ4v) is 4.92. The summed E-state index contributed by atoms with van der Waals surface area (Å²) in [4.78, 5) is 29.1. The second-order valence-electron chi connectivity index (χ2n) is 6.61. The molecule has 1 saturated heterocycles. The first-order valence-corrected chi connectivity index (χ1v) is 10.9. The third kappa shape index (κ3) is 5.24. The second kappa shape index (κ2) is 9.40. The van der Waals surface area contributed by atoms with E-state index < -0.39 is 12.1 Å². The van der Waals surface area contributed by atoms with Gasteiger partial charge >= 0.3 is 5.97 Å². The zero-order valence-corrected chi connectivity index (χ0v) is 17.1. The Labute approximate surface area is 171 Å². The molecule has 0 saturated carbocycles. The summed E-state index contributed by atoms with van der Waals surface area (Å²) in [6.07, 6.45) is 0.842. The molecule has 3 N–H and O–H groups in total. The van der Waals surface area contributed by atoms with Gasteiger partial charge in [-0.15, -0.1) is 11.3 Å². The molecule has 1 aliphatic heterocycles. The minimum Gasteiger partial charge on any atom is -0.476 e. The standard InChI is InChI=1S/C19H23N3O4S2/c1-12(23)13-3-2-4-14(9-13)20-10-15-5-6-17(24)22(15)7-8-27-19-21-16(11-28-19)18(25)26/h2-4,9,11-12,15,20,23H,5-8,10H2,1H3,(H,25,26)/t12?,15-/m1/s1. The Morgan fingerprint density at radius 1 is 1.50 bits per heavy atom. The van der Waals surface area contributed by atoms with Crippen molar-refractivity contribution >= 4 is 40.7 Å². The number of nitrogens with zero attached hydrogens (tertiary/aromatic N) is 2. The van der Waals surface area contributed by atoms with Crippen molar-refractivity contribution in [1.82, 2.24) is 9.88 Å². The third-order valence-corrected chi connectivity index (χ3v) is 6.62. The molecule has 28 heavy (non-hydrogen) atoms. The van der Waals surface area contributed by atoms with E-state index in [1.165, 1.54) is 28.5 Å². The number of carboxylic acids is 1. The number of aromatic carboxylic acids is 1. The average Bonchev–Trinajstić information content (AvgIpc) is 3.28. The Balaban J connectivity index is 1.51. The van der Waals surface area contributed by atoms with Crippen LogP contribution >= 0.6 is 23.1 Å². The maximum Gasteiger partial charge on any atom is 0.355 e. The summed E-state index contributed by atoms with van der Waals surface area (Å²) in [6.45, 7) is 2.99. The molecule has 2 aromatic rings. The monoisotopic (exact) mass is 421 g/mol. The topological polar surface area (TPSA) is 103 Å². The lowest BCUT2D eigenvalue weighted by Crippen LogP contribution is -2.39. The first kappa shape index (κ1) is 20.6. The predicted octanol–water partition coefficient (Wildman–Crippen LogP) is 3.09. The van der Waals surface area contributed by atoms with Gasteiger partial charge in [0.2, 0.25) is 5.91 Å². The fourth-order valence-electron chi connectivity index (χ4n) is 3.11. The Morgan fingerprint density at radius 2 is 2.32 bits per heavy atom. The SMILES string of the molecule is CC(O)c1cccc(NC[C@H]2CCC(=O)N2CCSc2nc(C(=O)O)cs2)c1. The molecular weight excluding hydrogens is 398 g/mol. The van der Waals surface area contributed by atoms with Crippen molar-refractivity contribution in [3.63, 3.8) is 0 Å². The minimum atomic E-state index is -1.02. The number of rotatable bonds is 9. The van der Waals surface area contributed by atoms with Crippen LogP contribution in [0.2, 0.25) is 0 Å². The number of carbonyl (C=O) groups excluding carboxylic acids is 1. The van der Waals surface area contributed by atoms with Crippen molar-refractivity contribution in [3.8, 4) is 0 Å². The van der Waals surface area contributed by atoms with Crippen LogP contribution in [0.4, 0.5) is 5.69 Å². The van der Waals surface area contributed by atoms with Crippen LogP contribution in [0.3, 0.4) is 0 Å². The van der Waals surface area contributed by atoms with Gasteiger partial charge < -0.3 is 20.4 Å². The van der Waals surface area contributed by atoms with Gasteiger partial charge in [-0.05, 0) is 31.0 Å². The summed E-state index contributed by atoms with van der Waals surface area (Å²) in [7, 11) is 0. The number of thiazole rings is 1. The maximum absolute atomic E-state index is 12.2. The first-order valence-electron chi connectivity index (χ1n) is 9.07. The molecule has 1 unspecified atom stereocenters. The van der Waals surface area contributed by atoms with E-state index in [1.807, 2.05) is 29.2 Å². The molecule has 2 atom stereocenters. The summed E-state index contributed by atoms with van der Waals surface area (Å²) < 4.78 is 0.702. The molecule has 1 fully saturated rings. The predicted molar refractivity (Wildman–Crippen MR) is 110 cm³/mol. The van der Waals surface area contributed by atoms with Crippen LogP contribution in [0.15, 0.2) is 34.0 Å². The van der Waals surface area contributed by atoms with Gasteiger partial charge in [-0.25, -0.2) is 9.78 Å². The molecular formula is C19H23N3O4S2. The third-order valence-electron chi connectivity index (χ3n) is 4.62. The number of aliphatic hydroxyl groups is 1. The molecule has 150 valence electrons. The molecule has 7 nitrogen and oxygen atoms in total. The molecule has 3 rings (SSSR count). The number of anilines is 1.